The van der Waals surface area contributed by atoms with E-state index in [9.17, 15) is 19.8 Å². The minimum atomic E-state index is -0.843. The van der Waals surface area contributed by atoms with Gasteiger partial charge in [0, 0.05) is 39.8 Å². The molecule has 8 rings (SSSR count). The van der Waals surface area contributed by atoms with Crippen LogP contribution in [0.2, 0.25) is 0 Å². The quantitative estimate of drug-likeness (QED) is 0.326. The topological polar surface area (TPSA) is 88.8 Å². The van der Waals surface area contributed by atoms with Gasteiger partial charge in [0.1, 0.15) is 11.8 Å². The summed E-state index contributed by atoms with van der Waals surface area (Å²) in [4.78, 5) is 26.7. The molecule has 0 bridgehead atoms. The number of ether oxygens (including phenoxy) is 1. The summed E-state index contributed by atoms with van der Waals surface area (Å²) in [7, 11) is 0. The highest BCUT2D eigenvalue weighted by molar-refractivity contribution is 6.18. The van der Waals surface area contributed by atoms with Crippen molar-refractivity contribution < 1.29 is 24.5 Å². The van der Waals surface area contributed by atoms with Crippen LogP contribution in [0.1, 0.15) is 139 Å². The lowest BCUT2D eigenvalue weighted by Crippen LogP contribution is -2.62. The van der Waals surface area contributed by atoms with Crippen molar-refractivity contribution in [1.29, 1.82) is 0 Å². The van der Waals surface area contributed by atoms with Crippen molar-refractivity contribution in [2.45, 2.75) is 136 Å². The number of hydrogen-bond donors (Lipinski definition) is 2. The Balaban J connectivity index is 1.38. The number of nitrogens with zero attached hydrogens (tertiary/aromatic N) is 1. The summed E-state index contributed by atoms with van der Waals surface area (Å²) in [6.07, 6.45) is 9.98. The third-order valence-electron chi connectivity index (χ3n) is 14.5. The molecule has 0 saturated heterocycles. The van der Waals surface area contributed by atoms with Crippen LogP contribution in [-0.4, -0.2) is 43.7 Å². The molecule has 1 aromatic heterocycles. The Morgan fingerprint density at radius 2 is 1.79 bits per heavy atom. The van der Waals surface area contributed by atoms with E-state index in [4.69, 9.17) is 4.74 Å². The van der Waals surface area contributed by atoms with Gasteiger partial charge in [-0.25, -0.2) is 0 Å². The van der Waals surface area contributed by atoms with Gasteiger partial charge in [-0.1, -0.05) is 45.1 Å². The fourth-order valence-electron chi connectivity index (χ4n) is 12.6. The fourth-order valence-corrected chi connectivity index (χ4v) is 12.6. The van der Waals surface area contributed by atoms with Crippen LogP contribution in [0.25, 0.3) is 16.5 Å². The highest BCUT2D eigenvalue weighted by atomic mass is 16.5. The number of carbonyl (C=O) groups excluding carboxylic acids is 2. The second-order valence-corrected chi connectivity index (χ2v) is 18.1. The molecule has 3 heterocycles. The zero-order chi connectivity index (χ0) is 34.7. The number of rotatable bonds is 4. The number of benzene rings is 1. The molecule has 2 unspecified atom stereocenters. The summed E-state index contributed by atoms with van der Waals surface area (Å²) in [6.45, 7) is 23.4. The van der Waals surface area contributed by atoms with E-state index >= 15 is 0 Å². The van der Waals surface area contributed by atoms with Crippen LogP contribution in [0.3, 0.4) is 0 Å². The Hall–Kier alpha value is -2.80. The third-order valence-corrected chi connectivity index (χ3v) is 14.5. The zero-order valence-corrected chi connectivity index (χ0v) is 30.3. The first-order chi connectivity index (χ1) is 22.3. The van der Waals surface area contributed by atoms with E-state index in [1.165, 1.54) is 11.3 Å². The molecule has 0 amide bonds. The molecule has 6 nitrogen and oxygen atoms in total. The molecule has 2 aromatic rings. The van der Waals surface area contributed by atoms with E-state index < -0.39 is 34.9 Å². The van der Waals surface area contributed by atoms with Gasteiger partial charge in [0.2, 0.25) is 0 Å². The first-order valence-corrected chi connectivity index (χ1v) is 18.2. The molecule has 256 valence electrons. The summed E-state index contributed by atoms with van der Waals surface area (Å²) in [5.41, 5.74) is 5.97. The molecule has 0 radical (unpaired) electrons. The van der Waals surface area contributed by atoms with E-state index in [2.05, 4.69) is 77.8 Å². The average molecular weight is 652 g/mol. The monoisotopic (exact) mass is 651 g/mol. The maximum Gasteiger partial charge on any atom is 0.192 e. The Morgan fingerprint density at radius 3 is 2.46 bits per heavy atom. The van der Waals surface area contributed by atoms with Crippen molar-refractivity contribution in [3.63, 3.8) is 0 Å². The minimum absolute atomic E-state index is 0.0408. The Labute approximate surface area is 285 Å². The molecular weight excluding hydrogens is 598 g/mol. The van der Waals surface area contributed by atoms with Gasteiger partial charge in [-0.05, 0) is 120 Å². The van der Waals surface area contributed by atoms with Gasteiger partial charge in [-0.3, -0.25) is 9.59 Å². The van der Waals surface area contributed by atoms with Gasteiger partial charge < -0.3 is 19.5 Å². The number of ketones is 2. The molecule has 2 saturated carbocycles. The van der Waals surface area contributed by atoms with Crippen LogP contribution in [0.4, 0.5) is 0 Å². The maximum absolute atomic E-state index is 14.8. The summed E-state index contributed by atoms with van der Waals surface area (Å²) >= 11 is 0. The first-order valence-electron chi connectivity index (χ1n) is 18.2. The van der Waals surface area contributed by atoms with Crippen LogP contribution in [0.15, 0.2) is 36.4 Å². The SMILES string of the molecule is C=C(C)[C@H]1C(=O)c2c3c(cc4c5c(n1c24)[C@@]1(C)C(CC[C@H]2[C@](C)(/C=C/CC(C)=O)[C@@H](O)CC[C@@]21C)C5)C1=CC(C)(C)OC(C)(C)C1[C@@H]3O. The van der Waals surface area contributed by atoms with Crippen LogP contribution in [-0.2, 0) is 21.4 Å². The molecule has 1 aromatic carbocycles. The van der Waals surface area contributed by atoms with Gasteiger partial charge in [0.05, 0.1) is 34.5 Å². The van der Waals surface area contributed by atoms with Gasteiger partial charge >= 0.3 is 0 Å². The molecule has 2 N–H and O–H groups in total. The molecule has 48 heavy (non-hydrogen) atoms. The molecule has 2 fully saturated rings. The fraction of sp³-hybridized carbons (Fsp3) is 0.619. The van der Waals surface area contributed by atoms with Gasteiger partial charge in [0.15, 0.2) is 5.78 Å². The van der Waals surface area contributed by atoms with Crippen molar-refractivity contribution in [3.05, 3.63) is 64.4 Å². The maximum atomic E-state index is 14.8. The van der Waals surface area contributed by atoms with E-state index in [1.807, 2.05) is 13.0 Å². The smallest absolute Gasteiger partial charge is 0.192 e. The van der Waals surface area contributed by atoms with E-state index in [0.717, 1.165) is 58.9 Å². The Bertz CT molecular complexity index is 1910. The van der Waals surface area contributed by atoms with E-state index in [1.54, 1.807) is 6.92 Å². The molecular formula is C42H53NO5. The summed E-state index contributed by atoms with van der Waals surface area (Å²) in [5, 5.41) is 24.9. The van der Waals surface area contributed by atoms with Crippen molar-refractivity contribution in [2.75, 3.05) is 0 Å². The standard InChI is InChI=1S/C42H53NO5/c1-21(2)33-36(47)31-30-24(27-20-38(4,5)48-39(6,7)32(27)35(30)46)19-25-26-18-23-13-14-28-40(8,16-11-12-22(3)44)29(45)15-17-41(28,9)42(23,10)37(26)43(33)34(25)31/h11,16,19-20,23,28-29,32-33,35,45-46H,1,12-15,17-18H2,2-10H3/b16-11+/t23?,28-,29-,32?,33-,35+,40-,41-,42+/m0/s1. The molecule has 4 aliphatic carbocycles. The van der Waals surface area contributed by atoms with Gasteiger partial charge in [0.25, 0.3) is 0 Å². The van der Waals surface area contributed by atoms with Crippen LogP contribution in [0, 0.1) is 28.6 Å². The predicted molar refractivity (Wildman–Crippen MR) is 189 cm³/mol. The summed E-state index contributed by atoms with van der Waals surface area (Å²) in [6, 6.07) is 1.79. The Kier molecular flexibility index (Phi) is 6.55. The lowest BCUT2D eigenvalue weighted by molar-refractivity contribution is -0.145. The minimum Gasteiger partial charge on any atom is -0.392 e. The molecule has 0 spiro atoms. The molecule has 6 heteroatoms. The normalized spacial score (nSPS) is 40.0. The molecule has 2 aliphatic heterocycles. The zero-order valence-electron chi connectivity index (χ0n) is 30.3. The van der Waals surface area contributed by atoms with Crippen LogP contribution >= 0.6 is 0 Å². The van der Waals surface area contributed by atoms with E-state index in [0.29, 0.717) is 24.3 Å². The second kappa shape index (κ2) is 9.70. The number of aliphatic hydroxyl groups is 2. The number of hydrogen-bond acceptors (Lipinski definition) is 5. The number of carbonyl (C=O) groups is 2. The van der Waals surface area contributed by atoms with Crippen LogP contribution < -0.4 is 0 Å². The second-order valence-electron chi connectivity index (χ2n) is 18.1. The lowest BCUT2D eigenvalue weighted by Gasteiger charge is -2.64. The number of aliphatic hydroxyl groups excluding tert-OH is 2. The summed E-state index contributed by atoms with van der Waals surface area (Å²) in [5.74, 6) is 0.524. The van der Waals surface area contributed by atoms with Crippen molar-refractivity contribution in [2.24, 2.45) is 28.6 Å². The highest BCUT2D eigenvalue weighted by Crippen LogP contribution is 2.71. The molecule has 9 atom stereocenters. The first kappa shape index (κ1) is 32.4. The van der Waals surface area contributed by atoms with Gasteiger partial charge in [-0.15, -0.1) is 0 Å². The lowest BCUT2D eigenvalue weighted by atomic mass is 9.40. The summed E-state index contributed by atoms with van der Waals surface area (Å²) < 4.78 is 8.88. The van der Waals surface area contributed by atoms with Gasteiger partial charge in [-0.2, -0.15) is 0 Å². The van der Waals surface area contributed by atoms with Crippen molar-refractivity contribution in [1.82, 2.24) is 4.57 Å². The number of aromatic nitrogens is 1. The van der Waals surface area contributed by atoms with Crippen LogP contribution in [0.5, 0.6) is 0 Å². The number of fused-ring (bicyclic) bond motifs is 11. The van der Waals surface area contributed by atoms with Crippen molar-refractivity contribution >= 4 is 28.0 Å². The number of Topliss-reactive ketones (excluding diaryl/α,β-unsaturated/α-hetero) is 2. The van der Waals surface area contributed by atoms with Crippen molar-refractivity contribution in [3.8, 4) is 0 Å². The Morgan fingerprint density at radius 1 is 1.08 bits per heavy atom. The largest absolute Gasteiger partial charge is 0.392 e. The van der Waals surface area contributed by atoms with E-state index in [-0.39, 0.29) is 34.2 Å². The predicted octanol–water partition coefficient (Wildman–Crippen LogP) is 8.13. The number of allylic oxidation sites excluding steroid dienone is 2. The molecule has 6 aliphatic rings. The average Bonchev–Trinajstić information content (AvgIpc) is 3.63. The third kappa shape index (κ3) is 3.75. The highest BCUT2D eigenvalue weighted by Gasteiger charge is 2.67.